The number of nitrogen functional groups attached to an aromatic ring is 1. The van der Waals surface area contributed by atoms with E-state index in [2.05, 4.69) is 19.9 Å². The minimum Gasteiger partial charge on any atom is -0.382 e. The molecule has 1 amide bonds. The summed E-state index contributed by atoms with van der Waals surface area (Å²) in [6, 6.07) is 0. The lowest BCUT2D eigenvalue weighted by Crippen LogP contribution is -2.22. The minimum atomic E-state index is -0.832. The summed E-state index contributed by atoms with van der Waals surface area (Å²) in [6.45, 7) is 0. The largest absolute Gasteiger partial charge is 0.382 e. The number of amides is 1. The Balaban J connectivity index is 2.64. The molecular formula is C6H6N6O2. The van der Waals surface area contributed by atoms with Crippen molar-refractivity contribution in [3.63, 3.8) is 0 Å². The predicted octanol–water partition coefficient (Wildman–Crippen LogP) is -0.946. The third kappa shape index (κ3) is 1.13. The molecule has 0 aliphatic carbocycles. The molecule has 14 heavy (non-hydrogen) atoms. The predicted molar refractivity (Wildman–Crippen MR) is 45.3 cm³/mol. The molecule has 2 aromatic heterocycles. The molecule has 0 atom stereocenters. The van der Waals surface area contributed by atoms with E-state index < -0.39 is 5.91 Å². The number of H-pyrrole nitrogens is 1. The molecule has 8 nitrogen and oxygen atoms in total. The first-order valence-corrected chi connectivity index (χ1v) is 3.63. The molecule has 0 saturated carbocycles. The average Bonchev–Trinajstić information content (AvgIpc) is 2.64. The smallest absolute Gasteiger partial charge is 0.312 e. The number of nitrogens with zero attached hydrogens (tertiary/aromatic N) is 3. The van der Waals surface area contributed by atoms with Crippen molar-refractivity contribution in [2.24, 2.45) is 0 Å². The molecule has 0 bridgehead atoms. The van der Waals surface area contributed by atoms with Crippen LogP contribution in [0.4, 0.5) is 5.82 Å². The molecule has 5 N–H and O–H groups in total. The highest BCUT2D eigenvalue weighted by Crippen LogP contribution is 2.12. The lowest BCUT2D eigenvalue weighted by atomic mass is 10.4. The van der Waals surface area contributed by atoms with Crippen LogP contribution in [0.5, 0.6) is 0 Å². The average molecular weight is 194 g/mol. The van der Waals surface area contributed by atoms with Crippen LogP contribution in [0.1, 0.15) is 10.6 Å². The van der Waals surface area contributed by atoms with Gasteiger partial charge in [0.25, 0.3) is 0 Å². The maximum Gasteiger partial charge on any atom is 0.312 e. The van der Waals surface area contributed by atoms with Crippen LogP contribution in [0.15, 0.2) is 6.33 Å². The van der Waals surface area contributed by atoms with E-state index in [1.165, 1.54) is 11.8 Å². The van der Waals surface area contributed by atoms with Crippen LogP contribution >= 0.6 is 0 Å². The van der Waals surface area contributed by atoms with E-state index in [1.54, 1.807) is 0 Å². The van der Waals surface area contributed by atoms with Gasteiger partial charge in [0.2, 0.25) is 5.82 Å². The summed E-state index contributed by atoms with van der Waals surface area (Å²) < 4.78 is 0. The van der Waals surface area contributed by atoms with Gasteiger partial charge in [0.05, 0.1) is 6.33 Å². The Morgan fingerprint density at radius 2 is 2.36 bits per heavy atom. The van der Waals surface area contributed by atoms with Gasteiger partial charge in [-0.3, -0.25) is 10.0 Å². The van der Waals surface area contributed by atoms with E-state index in [1.807, 2.05) is 0 Å². The van der Waals surface area contributed by atoms with Crippen molar-refractivity contribution in [2.45, 2.75) is 0 Å². The van der Waals surface area contributed by atoms with Crippen LogP contribution in [0, 0.1) is 0 Å². The summed E-state index contributed by atoms with van der Waals surface area (Å²) in [5.41, 5.74) is 7.65. The Hall–Kier alpha value is -2.22. The number of aromatic nitrogens is 4. The van der Waals surface area contributed by atoms with Crippen LogP contribution in [0.3, 0.4) is 0 Å². The SMILES string of the molecule is Nc1nc(C(=O)NO)nc2nc[nH]c12. The van der Waals surface area contributed by atoms with Crippen molar-refractivity contribution in [2.75, 3.05) is 5.73 Å². The third-order valence-electron chi connectivity index (χ3n) is 1.62. The van der Waals surface area contributed by atoms with E-state index in [9.17, 15) is 4.79 Å². The third-order valence-corrected chi connectivity index (χ3v) is 1.62. The lowest BCUT2D eigenvalue weighted by Gasteiger charge is -1.98. The molecule has 2 aromatic rings. The number of hydrogen-bond acceptors (Lipinski definition) is 6. The van der Waals surface area contributed by atoms with Crippen LogP contribution in [0.25, 0.3) is 11.2 Å². The molecule has 0 aliphatic rings. The second-order valence-corrected chi connectivity index (χ2v) is 2.47. The number of nitrogens with one attached hydrogen (secondary N) is 2. The molecule has 8 heteroatoms. The Morgan fingerprint density at radius 1 is 1.57 bits per heavy atom. The van der Waals surface area contributed by atoms with E-state index in [-0.39, 0.29) is 17.3 Å². The van der Waals surface area contributed by atoms with Crippen molar-refractivity contribution in [1.29, 1.82) is 0 Å². The maximum absolute atomic E-state index is 11.0. The molecule has 0 radical (unpaired) electrons. The quantitative estimate of drug-likeness (QED) is 0.342. The van der Waals surface area contributed by atoms with Crippen molar-refractivity contribution in [3.8, 4) is 0 Å². The summed E-state index contributed by atoms with van der Waals surface area (Å²) in [5.74, 6) is -0.961. The van der Waals surface area contributed by atoms with Gasteiger partial charge in [0, 0.05) is 0 Å². The number of imidazole rings is 1. The lowest BCUT2D eigenvalue weighted by molar-refractivity contribution is 0.0695. The number of nitrogens with two attached hydrogens (primary N) is 1. The molecule has 2 rings (SSSR count). The standard InChI is InChI=1S/C6H6N6O2/c7-3-2-4(9-1-8-2)11-5(10-3)6(13)12-14/h1,14H,(H,12,13)(H3,7,8,9,10,11). The highest BCUT2D eigenvalue weighted by Gasteiger charge is 2.12. The molecular weight excluding hydrogens is 188 g/mol. The van der Waals surface area contributed by atoms with Gasteiger partial charge >= 0.3 is 5.91 Å². The van der Waals surface area contributed by atoms with Crippen LogP contribution < -0.4 is 11.2 Å². The zero-order chi connectivity index (χ0) is 10.1. The Kier molecular flexibility index (Phi) is 1.75. The molecule has 0 aliphatic heterocycles. The molecule has 0 spiro atoms. The number of fused-ring (bicyclic) bond motifs is 1. The molecule has 0 unspecified atom stereocenters. The normalized spacial score (nSPS) is 10.4. The van der Waals surface area contributed by atoms with Crippen LogP contribution in [-0.4, -0.2) is 31.1 Å². The topological polar surface area (TPSA) is 130 Å². The summed E-state index contributed by atoms with van der Waals surface area (Å²) >= 11 is 0. The first-order chi connectivity index (χ1) is 6.72. The number of carbonyl (C=O) groups is 1. The van der Waals surface area contributed by atoms with Crippen molar-refractivity contribution < 1.29 is 10.0 Å². The zero-order valence-corrected chi connectivity index (χ0v) is 6.85. The van der Waals surface area contributed by atoms with Gasteiger partial charge in [-0.2, -0.15) is 0 Å². The van der Waals surface area contributed by atoms with E-state index in [0.717, 1.165) is 0 Å². The summed E-state index contributed by atoms with van der Waals surface area (Å²) in [4.78, 5) is 24.9. The molecule has 0 fully saturated rings. The number of hydrogen-bond donors (Lipinski definition) is 4. The second-order valence-electron chi connectivity index (χ2n) is 2.47. The van der Waals surface area contributed by atoms with Gasteiger partial charge in [-0.1, -0.05) is 0 Å². The number of hydroxylamine groups is 1. The van der Waals surface area contributed by atoms with Crippen molar-refractivity contribution in [3.05, 3.63) is 12.2 Å². The second kappa shape index (κ2) is 2.92. The van der Waals surface area contributed by atoms with Gasteiger partial charge < -0.3 is 10.7 Å². The molecule has 0 aromatic carbocycles. The van der Waals surface area contributed by atoms with Gasteiger partial charge in [-0.25, -0.2) is 20.4 Å². The number of rotatable bonds is 1. The fraction of sp³-hybridized carbons (Fsp3) is 0. The Labute approximate surface area is 77.1 Å². The first-order valence-electron chi connectivity index (χ1n) is 3.63. The number of aromatic amines is 1. The summed E-state index contributed by atoms with van der Waals surface area (Å²) in [6.07, 6.45) is 1.39. The fourth-order valence-electron chi connectivity index (χ4n) is 1.01. The minimum absolute atomic E-state index is 0.103. The monoisotopic (exact) mass is 194 g/mol. The van der Waals surface area contributed by atoms with Gasteiger partial charge in [-0.15, -0.1) is 0 Å². The van der Waals surface area contributed by atoms with Gasteiger partial charge in [-0.05, 0) is 0 Å². The Morgan fingerprint density at radius 3 is 3.07 bits per heavy atom. The van der Waals surface area contributed by atoms with E-state index in [0.29, 0.717) is 5.52 Å². The van der Waals surface area contributed by atoms with Crippen molar-refractivity contribution in [1.82, 2.24) is 25.4 Å². The molecule has 0 saturated heterocycles. The maximum atomic E-state index is 11.0. The van der Waals surface area contributed by atoms with Gasteiger partial charge in [0.1, 0.15) is 5.52 Å². The Bertz CT molecular complexity index is 492. The summed E-state index contributed by atoms with van der Waals surface area (Å²) in [7, 11) is 0. The van der Waals surface area contributed by atoms with E-state index in [4.69, 9.17) is 10.9 Å². The summed E-state index contributed by atoms with van der Waals surface area (Å²) in [5, 5.41) is 8.35. The molecule has 2 heterocycles. The zero-order valence-electron chi connectivity index (χ0n) is 6.85. The first kappa shape index (κ1) is 8.38. The van der Waals surface area contributed by atoms with Crippen molar-refractivity contribution >= 4 is 22.9 Å². The molecule has 72 valence electrons. The number of carbonyl (C=O) groups excluding carboxylic acids is 1. The van der Waals surface area contributed by atoms with E-state index >= 15 is 0 Å². The van der Waals surface area contributed by atoms with Crippen LogP contribution in [0.2, 0.25) is 0 Å². The van der Waals surface area contributed by atoms with Gasteiger partial charge in [0.15, 0.2) is 11.5 Å². The van der Waals surface area contributed by atoms with Crippen LogP contribution in [-0.2, 0) is 0 Å². The highest BCUT2D eigenvalue weighted by atomic mass is 16.5. The number of anilines is 1. The fourth-order valence-corrected chi connectivity index (χ4v) is 1.01. The highest BCUT2D eigenvalue weighted by molar-refractivity contribution is 5.93.